The first-order chi connectivity index (χ1) is 9.38. The summed E-state index contributed by atoms with van der Waals surface area (Å²) in [4.78, 5) is 14.3. The van der Waals surface area contributed by atoms with E-state index in [1.807, 2.05) is 0 Å². The van der Waals surface area contributed by atoms with Gasteiger partial charge in [-0.25, -0.2) is 0 Å². The maximum atomic E-state index is 11.0. The summed E-state index contributed by atoms with van der Waals surface area (Å²) >= 11 is 17.4. The SMILES string of the molecule is Cc1ccc([N+](=O)[O-])c(Oc2nc(Cl)c(Cl)cc2Cl)c1. The highest BCUT2D eigenvalue weighted by Gasteiger charge is 2.18. The molecule has 2 rings (SSSR count). The number of hydrogen-bond acceptors (Lipinski definition) is 4. The van der Waals surface area contributed by atoms with Gasteiger partial charge in [0.05, 0.1) is 9.95 Å². The molecule has 0 aliphatic heterocycles. The topological polar surface area (TPSA) is 65.3 Å². The van der Waals surface area contributed by atoms with Gasteiger partial charge in [0.15, 0.2) is 5.15 Å². The number of ether oxygens (including phenoxy) is 1. The molecule has 0 fully saturated rings. The van der Waals surface area contributed by atoms with Crippen LogP contribution in [0, 0.1) is 17.0 Å². The molecule has 0 aliphatic carbocycles. The maximum Gasteiger partial charge on any atom is 0.311 e. The van der Waals surface area contributed by atoms with Crippen LogP contribution in [0.3, 0.4) is 0 Å². The van der Waals surface area contributed by atoms with E-state index in [-0.39, 0.29) is 32.5 Å². The second-order valence-electron chi connectivity index (χ2n) is 3.88. The number of benzene rings is 1. The first-order valence-electron chi connectivity index (χ1n) is 5.33. The molecule has 0 amide bonds. The fraction of sp³-hybridized carbons (Fsp3) is 0.0833. The van der Waals surface area contributed by atoms with Crippen molar-refractivity contribution in [2.24, 2.45) is 0 Å². The summed E-state index contributed by atoms with van der Waals surface area (Å²) in [5, 5.41) is 11.2. The highest BCUT2D eigenvalue weighted by molar-refractivity contribution is 6.42. The van der Waals surface area contributed by atoms with E-state index < -0.39 is 4.92 Å². The van der Waals surface area contributed by atoms with E-state index in [2.05, 4.69) is 4.98 Å². The number of aromatic nitrogens is 1. The number of nitrogens with zero attached hydrogens (tertiary/aromatic N) is 2. The van der Waals surface area contributed by atoms with E-state index >= 15 is 0 Å². The van der Waals surface area contributed by atoms with Crippen LogP contribution in [-0.2, 0) is 0 Å². The molecule has 20 heavy (non-hydrogen) atoms. The molecule has 0 N–H and O–H groups in total. The molecule has 0 unspecified atom stereocenters. The molecule has 0 saturated carbocycles. The van der Waals surface area contributed by atoms with Crippen LogP contribution in [0.15, 0.2) is 24.3 Å². The molecular weight excluding hydrogens is 327 g/mol. The van der Waals surface area contributed by atoms with Crippen LogP contribution in [0.25, 0.3) is 0 Å². The number of aryl methyl sites for hydroxylation is 1. The van der Waals surface area contributed by atoms with E-state index in [1.54, 1.807) is 13.0 Å². The molecular formula is C12H7Cl3N2O3. The van der Waals surface area contributed by atoms with Crippen LogP contribution in [0.1, 0.15) is 5.56 Å². The molecule has 1 aromatic heterocycles. The van der Waals surface area contributed by atoms with Gasteiger partial charge >= 0.3 is 5.69 Å². The first-order valence-corrected chi connectivity index (χ1v) is 6.46. The third kappa shape index (κ3) is 3.12. The van der Waals surface area contributed by atoms with Gasteiger partial charge in [-0.3, -0.25) is 10.1 Å². The van der Waals surface area contributed by atoms with Gasteiger partial charge in [0.2, 0.25) is 11.6 Å². The Kier molecular flexibility index (Phi) is 4.32. The zero-order valence-electron chi connectivity index (χ0n) is 10.1. The predicted molar refractivity (Wildman–Crippen MR) is 77.2 cm³/mol. The molecule has 0 radical (unpaired) electrons. The zero-order chi connectivity index (χ0) is 14.9. The highest BCUT2D eigenvalue weighted by Crippen LogP contribution is 2.36. The molecule has 5 nitrogen and oxygen atoms in total. The molecule has 104 valence electrons. The number of rotatable bonds is 3. The third-order valence-corrected chi connectivity index (χ3v) is 3.32. The van der Waals surface area contributed by atoms with Crippen molar-refractivity contribution in [3.05, 3.63) is 55.1 Å². The standard InChI is InChI=1S/C12H7Cl3N2O3/c1-6-2-3-9(17(18)19)10(4-6)20-12-8(14)5-7(13)11(15)16-12/h2-5H,1H3. The summed E-state index contributed by atoms with van der Waals surface area (Å²) in [7, 11) is 0. The minimum atomic E-state index is -0.555. The Hall–Kier alpha value is -1.56. The summed E-state index contributed by atoms with van der Waals surface area (Å²) in [6, 6.07) is 5.82. The van der Waals surface area contributed by atoms with E-state index in [0.29, 0.717) is 0 Å². The van der Waals surface area contributed by atoms with Gasteiger partial charge in [-0.05, 0) is 24.6 Å². The van der Waals surface area contributed by atoms with Gasteiger partial charge in [0, 0.05) is 6.07 Å². The molecule has 0 bridgehead atoms. The molecule has 0 saturated heterocycles. The Morgan fingerprint density at radius 1 is 1.20 bits per heavy atom. The minimum absolute atomic E-state index is 0.00127. The second kappa shape index (κ2) is 5.83. The van der Waals surface area contributed by atoms with Gasteiger partial charge < -0.3 is 4.74 Å². The lowest BCUT2D eigenvalue weighted by Crippen LogP contribution is -1.96. The van der Waals surface area contributed by atoms with E-state index in [0.717, 1.165) is 5.56 Å². The number of nitro benzene ring substituents is 1. The van der Waals surface area contributed by atoms with E-state index in [1.165, 1.54) is 18.2 Å². The lowest BCUT2D eigenvalue weighted by molar-refractivity contribution is -0.385. The zero-order valence-corrected chi connectivity index (χ0v) is 12.3. The number of hydrogen-bond donors (Lipinski definition) is 0. The summed E-state index contributed by atoms with van der Waals surface area (Å²) in [5.41, 5.74) is 0.598. The van der Waals surface area contributed by atoms with Crippen LogP contribution < -0.4 is 4.74 Å². The molecule has 0 aliphatic rings. The van der Waals surface area contributed by atoms with Crippen LogP contribution >= 0.6 is 34.8 Å². The number of halogens is 3. The lowest BCUT2D eigenvalue weighted by atomic mass is 10.2. The average Bonchev–Trinajstić information content (AvgIpc) is 2.35. The molecule has 1 heterocycles. The van der Waals surface area contributed by atoms with Crippen LogP contribution in [0.2, 0.25) is 15.2 Å². The summed E-state index contributed by atoms with van der Waals surface area (Å²) in [6.07, 6.45) is 0. The number of pyridine rings is 1. The van der Waals surface area contributed by atoms with Crippen molar-refractivity contribution in [2.45, 2.75) is 6.92 Å². The van der Waals surface area contributed by atoms with Gasteiger partial charge in [-0.2, -0.15) is 4.98 Å². The average molecular weight is 334 g/mol. The van der Waals surface area contributed by atoms with Gasteiger partial charge in [0.1, 0.15) is 5.02 Å². The largest absolute Gasteiger partial charge is 0.430 e. The normalized spacial score (nSPS) is 10.4. The smallest absolute Gasteiger partial charge is 0.311 e. The van der Waals surface area contributed by atoms with Crippen LogP contribution in [0.5, 0.6) is 11.6 Å². The van der Waals surface area contributed by atoms with Crippen molar-refractivity contribution < 1.29 is 9.66 Å². The van der Waals surface area contributed by atoms with Crippen molar-refractivity contribution in [2.75, 3.05) is 0 Å². The Labute approximate surface area is 129 Å². The van der Waals surface area contributed by atoms with E-state index in [9.17, 15) is 10.1 Å². The molecule has 0 spiro atoms. The molecule has 0 atom stereocenters. The highest BCUT2D eigenvalue weighted by atomic mass is 35.5. The Balaban J connectivity index is 2.47. The number of nitro groups is 1. The summed E-state index contributed by atoms with van der Waals surface area (Å²) in [6.45, 7) is 1.78. The predicted octanol–water partition coefficient (Wildman–Crippen LogP) is 5.05. The van der Waals surface area contributed by atoms with Crippen LogP contribution in [-0.4, -0.2) is 9.91 Å². The van der Waals surface area contributed by atoms with Crippen molar-refractivity contribution in [3.63, 3.8) is 0 Å². The van der Waals surface area contributed by atoms with Crippen molar-refractivity contribution >= 4 is 40.5 Å². The minimum Gasteiger partial charge on any atom is -0.430 e. The fourth-order valence-electron chi connectivity index (χ4n) is 1.46. The van der Waals surface area contributed by atoms with Crippen molar-refractivity contribution in [1.82, 2.24) is 4.98 Å². The van der Waals surface area contributed by atoms with Crippen LogP contribution in [0.4, 0.5) is 5.69 Å². The molecule has 2 aromatic rings. The van der Waals surface area contributed by atoms with E-state index in [4.69, 9.17) is 39.5 Å². The Morgan fingerprint density at radius 2 is 1.90 bits per heavy atom. The Morgan fingerprint density at radius 3 is 2.55 bits per heavy atom. The van der Waals surface area contributed by atoms with Gasteiger partial charge in [-0.15, -0.1) is 0 Å². The molecule has 8 heteroatoms. The van der Waals surface area contributed by atoms with Gasteiger partial charge in [-0.1, -0.05) is 40.9 Å². The fourth-order valence-corrected chi connectivity index (χ4v) is 1.99. The maximum absolute atomic E-state index is 11.0. The van der Waals surface area contributed by atoms with Crippen molar-refractivity contribution in [3.8, 4) is 11.6 Å². The second-order valence-corrected chi connectivity index (χ2v) is 5.05. The lowest BCUT2D eigenvalue weighted by Gasteiger charge is -2.08. The summed E-state index contributed by atoms with van der Waals surface area (Å²) < 4.78 is 5.39. The Bertz CT molecular complexity index is 692. The summed E-state index contributed by atoms with van der Waals surface area (Å²) in [5.74, 6) is -0.0162. The van der Waals surface area contributed by atoms with Crippen molar-refractivity contribution in [1.29, 1.82) is 0 Å². The first kappa shape index (κ1) is 14.8. The third-order valence-electron chi connectivity index (χ3n) is 2.37. The van der Waals surface area contributed by atoms with Gasteiger partial charge in [0.25, 0.3) is 0 Å². The monoisotopic (exact) mass is 332 g/mol. The quantitative estimate of drug-likeness (QED) is 0.448. The molecule has 1 aromatic carbocycles.